The third kappa shape index (κ3) is 3.41. The molecule has 2 aliphatic heterocycles. The first-order chi connectivity index (χ1) is 16.5. The number of nitrogens with zero attached hydrogens (tertiary/aromatic N) is 1. The van der Waals surface area contributed by atoms with Gasteiger partial charge in [-0.15, -0.1) is 0 Å². The Balaban J connectivity index is 1.52. The van der Waals surface area contributed by atoms with Gasteiger partial charge in [-0.25, -0.2) is 0 Å². The van der Waals surface area contributed by atoms with Gasteiger partial charge in [0.15, 0.2) is 0 Å². The summed E-state index contributed by atoms with van der Waals surface area (Å²) in [6.07, 6.45) is 2.95. The molecule has 3 aromatic carbocycles. The lowest BCUT2D eigenvalue weighted by atomic mass is 9.92. The van der Waals surface area contributed by atoms with Crippen molar-refractivity contribution >= 4 is 45.2 Å². The van der Waals surface area contributed by atoms with Gasteiger partial charge < -0.3 is 15.0 Å². The normalized spacial score (nSPS) is 17.4. The van der Waals surface area contributed by atoms with E-state index in [0.717, 1.165) is 47.9 Å². The first-order valence-corrected chi connectivity index (χ1v) is 12.0. The van der Waals surface area contributed by atoms with E-state index in [1.54, 1.807) is 6.07 Å². The molecular formula is C27H24ClN3O3. The Morgan fingerprint density at radius 2 is 1.68 bits per heavy atom. The van der Waals surface area contributed by atoms with Gasteiger partial charge in [-0.2, -0.15) is 0 Å². The van der Waals surface area contributed by atoms with E-state index in [9.17, 15) is 14.7 Å². The molecule has 3 N–H and O–H groups in total. The molecule has 34 heavy (non-hydrogen) atoms. The first-order valence-electron chi connectivity index (χ1n) is 11.6. The minimum Gasteiger partial charge on any atom is -0.387 e. The SMILES string of the molecule is O=C1NC(=O)c2c1c(-c1ccccc1Cl)cc1[nH]c3ccc(C(O)CN4CCCCC4)cc3c21. The largest absolute Gasteiger partial charge is 0.387 e. The molecule has 0 saturated carbocycles. The smallest absolute Gasteiger partial charge is 0.259 e. The highest BCUT2D eigenvalue weighted by molar-refractivity contribution is 6.36. The minimum absolute atomic E-state index is 0.339. The number of aliphatic hydroxyl groups is 1. The van der Waals surface area contributed by atoms with E-state index in [-0.39, 0.29) is 0 Å². The fraction of sp³-hybridized carbons (Fsp3) is 0.259. The number of likely N-dealkylation sites (tertiary alicyclic amines) is 1. The number of imide groups is 1. The van der Waals surface area contributed by atoms with E-state index in [4.69, 9.17) is 11.6 Å². The quantitative estimate of drug-likeness (QED) is 0.362. The predicted octanol–water partition coefficient (Wildman–Crippen LogP) is 5.04. The van der Waals surface area contributed by atoms with Crippen molar-refractivity contribution in [3.05, 3.63) is 70.2 Å². The molecule has 7 heteroatoms. The Kier molecular flexibility index (Phi) is 5.17. The maximum atomic E-state index is 12.9. The molecule has 2 amide bonds. The van der Waals surface area contributed by atoms with Crippen LogP contribution in [-0.4, -0.2) is 46.4 Å². The Hall–Kier alpha value is -3.19. The lowest BCUT2D eigenvalue weighted by molar-refractivity contribution is 0.0880. The zero-order chi connectivity index (χ0) is 23.4. The van der Waals surface area contributed by atoms with Crippen LogP contribution in [0.1, 0.15) is 51.6 Å². The highest BCUT2D eigenvalue weighted by atomic mass is 35.5. The van der Waals surface area contributed by atoms with Crippen LogP contribution < -0.4 is 5.32 Å². The molecule has 0 aliphatic carbocycles. The average molecular weight is 474 g/mol. The maximum absolute atomic E-state index is 12.9. The molecule has 1 fully saturated rings. The summed E-state index contributed by atoms with van der Waals surface area (Å²) in [5.74, 6) is -0.841. The zero-order valence-corrected chi connectivity index (χ0v) is 19.3. The molecule has 4 aromatic rings. The van der Waals surface area contributed by atoms with Crippen molar-refractivity contribution < 1.29 is 14.7 Å². The zero-order valence-electron chi connectivity index (χ0n) is 18.5. The molecule has 6 rings (SSSR count). The number of nitrogens with one attached hydrogen (secondary N) is 2. The van der Waals surface area contributed by atoms with Gasteiger partial charge in [-0.05, 0) is 61.3 Å². The molecule has 6 nitrogen and oxygen atoms in total. The lowest BCUT2D eigenvalue weighted by Gasteiger charge is -2.28. The van der Waals surface area contributed by atoms with Crippen LogP contribution in [0.25, 0.3) is 32.9 Å². The van der Waals surface area contributed by atoms with E-state index in [1.165, 1.54) is 6.42 Å². The number of aromatic amines is 1. The molecule has 3 heterocycles. The molecule has 0 bridgehead atoms. The number of hydrogen-bond acceptors (Lipinski definition) is 4. The monoisotopic (exact) mass is 473 g/mol. The summed E-state index contributed by atoms with van der Waals surface area (Å²) in [5, 5.41) is 15.4. The molecule has 1 unspecified atom stereocenters. The van der Waals surface area contributed by atoms with E-state index in [2.05, 4.69) is 15.2 Å². The Morgan fingerprint density at radius 3 is 2.47 bits per heavy atom. The summed E-state index contributed by atoms with van der Waals surface area (Å²) in [6.45, 7) is 2.60. The summed E-state index contributed by atoms with van der Waals surface area (Å²) in [6, 6.07) is 15.0. The van der Waals surface area contributed by atoms with Crippen LogP contribution in [0.15, 0.2) is 48.5 Å². The van der Waals surface area contributed by atoms with Crippen molar-refractivity contribution in [3.63, 3.8) is 0 Å². The first kappa shape index (κ1) is 21.4. The summed E-state index contributed by atoms with van der Waals surface area (Å²) in [4.78, 5) is 31.5. The van der Waals surface area contributed by atoms with Crippen molar-refractivity contribution in [1.29, 1.82) is 0 Å². The van der Waals surface area contributed by atoms with Crippen molar-refractivity contribution in [2.24, 2.45) is 0 Å². The fourth-order valence-corrected chi connectivity index (χ4v) is 5.60. The van der Waals surface area contributed by atoms with Gasteiger partial charge in [0.25, 0.3) is 11.8 Å². The van der Waals surface area contributed by atoms with Gasteiger partial charge >= 0.3 is 0 Å². The number of amides is 2. The van der Waals surface area contributed by atoms with Gasteiger partial charge in [-0.3, -0.25) is 14.9 Å². The number of halogens is 1. The number of hydrogen-bond donors (Lipinski definition) is 3. The lowest BCUT2D eigenvalue weighted by Crippen LogP contribution is -2.33. The average Bonchev–Trinajstić information content (AvgIpc) is 3.35. The minimum atomic E-state index is -0.627. The number of benzene rings is 3. The van der Waals surface area contributed by atoms with E-state index >= 15 is 0 Å². The van der Waals surface area contributed by atoms with Gasteiger partial charge in [0.2, 0.25) is 0 Å². The predicted molar refractivity (Wildman–Crippen MR) is 133 cm³/mol. The van der Waals surface area contributed by atoms with E-state index in [0.29, 0.717) is 39.2 Å². The molecular weight excluding hydrogens is 450 g/mol. The number of carbonyl (C=O) groups is 2. The molecule has 0 spiro atoms. The van der Waals surface area contributed by atoms with Crippen molar-refractivity contribution in [2.75, 3.05) is 19.6 Å². The number of aliphatic hydroxyl groups excluding tert-OH is 1. The topological polar surface area (TPSA) is 85.4 Å². The molecule has 1 atom stereocenters. The van der Waals surface area contributed by atoms with Gasteiger partial charge in [0, 0.05) is 38.9 Å². The summed E-state index contributed by atoms with van der Waals surface area (Å²) >= 11 is 6.45. The van der Waals surface area contributed by atoms with Crippen LogP contribution in [0.4, 0.5) is 0 Å². The number of carbonyl (C=O) groups excluding carboxylic acids is 2. The Labute approximate surface area is 201 Å². The van der Waals surface area contributed by atoms with Crippen LogP contribution >= 0.6 is 11.6 Å². The number of rotatable bonds is 4. The third-order valence-electron chi connectivity index (χ3n) is 7.02. The van der Waals surface area contributed by atoms with Gasteiger partial charge in [-0.1, -0.05) is 42.3 Å². The molecule has 2 aliphatic rings. The second-order valence-corrected chi connectivity index (χ2v) is 9.57. The number of aromatic nitrogens is 1. The Bertz CT molecular complexity index is 1470. The van der Waals surface area contributed by atoms with Crippen LogP contribution in [0.2, 0.25) is 5.02 Å². The number of fused-ring (bicyclic) bond motifs is 5. The number of H-pyrrole nitrogens is 1. The third-order valence-corrected chi connectivity index (χ3v) is 7.35. The highest BCUT2D eigenvalue weighted by Crippen LogP contribution is 2.41. The van der Waals surface area contributed by atoms with Crippen molar-refractivity contribution in [1.82, 2.24) is 15.2 Å². The van der Waals surface area contributed by atoms with Crippen molar-refractivity contribution in [3.8, 4) is 11.1 Å². The number of piperidine rings is 1. The van der Waals surface area contributed by atoms with Crippen LogP contribution in [0.5, 0.6) is 0 Å². The maximum Gasteiger partial charge on any atom is 0.259 e. The van der Waals surface area contributed by atoms with Crippen LogP contribution in [-0.2, 0) is 0 Å². The fourth-order valence-electron chi connectivity index (χ4n) is 5.37. The van der Waals surface area contributed by atoms with E-state index in [1.807, 2.05) is 42.5 Å². The second kappa shape index (κ2) is 8.24. The molecule has 1 saturated heterocycles. The summed E-state index contributed by atoms with van der Waals surface area (Å²) in [7, 11) is 0. The standard InChI is InChI=1S/C27H24ClN3O3/c28-19-7-3-2-6-16(19)17-13-21-23(25-24(17)26(33)30-27(25)34)18-12-15(8-9-20(18)29-21)22(32)14-31-10-4-1-5-11-31/h2-3,6-9,12-13,22,29,32H,1,4-5,10-11,14H2,(H,30,33,34). The summed E-state index contributed by atoms with van der Waals surface area (Å²) in [5.41, 5.74) is 4.40. The van der Waals surface area contributed by atoms with Crippen molar-refractivity contribution in [2.45, 2.75) is 25.4 Å². The molecule has 0 radical (unpaired) electrons. The molecule has 1 aromatic heterocycles. The van der Waals surface area contributed by atoms with Crippen LogP contribution in [0.3, 0.4) is 0 Å². The van der Waals surface area contributed by atoms with E-state index < -0.39 is 17.9 Å². The highest BCUT2D eigenvalue weighted by Gasteiger charge is 2.34. The molecule has 172 valence electrons. The van der Waals surface area contributed by atoms with Gasteiger partial charge in [0.1, 0.15) is 0 Å². The number of β-amino-alcohol motifs (C(OH)–C–C–N with tert-alkyl or cyclic N) is 1. The Morgan fingerprint density at radius 1 is 0.912 bits per heavy atom. The van der Waals surface area contributed by atoms with Crippen LogP contribution in [0, 0.1) is 0 Å². The van der Waals surface area contributed by atoms with Gasteiger partial charge in [0.05, 0.1) is 17.2 Å². The summed E-state index contributed by atoms with van der Waals surface area (Å²) < 4.78 is 0. The second-order valence-electron chi connectivity index (χ2n) is 9.17.